The van der Waals surface area contributed by atoms with Crippen LogP contribution in [0.15, 0.2) is 22.8 Å². The number of hydrogen-bond acceptors (Lipinski definition) is 5. The highest BCUT2D eigenvalue weighted by molar-refractivity contribution is 5.45. The van der Waals surface area contributed by atoms with Crippen LogP contribution in [0.2, 0.25) is 0 Å². The van der Waals surface area contributed by atoms with E-state index in [1.54, 1.807) is 23.1 Å². The van der Waals surface area contributed by atoms with Crippen molar-refractivity contribution in [2.75, 3.05) is 6.61 Å². The Kier molecular flexibility index (Phi) is 3.23. The maximum atomic E-state index is 9.19. The highest BCUT2D eigenvalue weighted by atomic mass is 16.3. The predicted molar refractivity (Wildman–Crippen MR) is 66.7 cm³/mol. The Balaban J connectivity index is 2.51. The van der Waals surface area contributed by atoms with Gasteiger partial charge in [0.1, 0.15) is 5.82 Å². The maximum Gasteiger partial charge on any atom is 0.217 e. The van der Waals surface area contributed by atoms with Gasteiger partial charge >= 0.3 is 0 Å². The number of rotatable bonds is 3. The van der Waals surface area contributed by atoms with Crippen LogP contribution in [0.5, 0.6) is 0 Å². The molecule has 2 aromatic rings. The molecule has 0 amide bonds. The molecule has 0 saturated carbocycles. The van der Waals surface area contributed by atoms with Crippen molar-refractivity contribution >= 4 is 0 Å². The third-order valence-electron chi connectivity index (χ3n) is 2.54. The lowest BCUT2D eigenvalue weighted by Crippen LogP contribution is -2.30. The molecule has 0 fully saturated rings. The summed E-state index contributed by atoms with van der Waals surface area (Å²) in [5, 5.41) is 13.6. The monoisotopic (exact) mass is 250 g/mol. The van der Waals surface area contributed by atoms with Gasteiger partial charge in [-0.15, -0.1) is 5.10 Å². The van der Waals surface area contributed by atoms with Crippen LogP contribution in [0.3, 0.4) is 0 Å². The zero-order valence-electron chi connectivity index (χ0n) is 10.8. The molecule has 6 heteroatoms. The molecule has 1 atom stereocenters. The fourth-order valence-electron chi connectivity index (χ4n) is 1.65. The van der Waals surface area contributed by atoms with E-state index in [1.165, 1.54) is 0 Å². The Labute approximate surface area is 105 Å². The van der Waals surface area contributed by atoms with Gasteiger partial charge in [-0.1, -0.05) is 0 Å². The van der Waals surface area contributed by atoms with Crippen molar-refractivity contribution < 1.29 is 9.52 Å². The molecule has 98 valence electrons. The largest absolute Gasteiger partial charge is 0.461 e. The molecule has 0 aliphatic carbocycles. The van der Waals surface area contributed by atoms with Crippen molar-refractivity contribution in [3.63, 3.8) is 0 Å². The molecule has 0 aliphatic rings. The number of nitrogens with zero attached hydrogens (tertiary/aromatic N) is 3. The second kappa shape index (κ2) is 4.55. The van der Waals surface area contributed by atoms with Gasteiger partial charge in [-0.05, 0) is 32.9 Å². The topological polar surface area (TPSA) is 90.1 Å². The maximum absolute atomic E-state index is 9.19. The normalized spacial score (nSPS) is 13.8. The lowest BCUT2D eigenvalue weighted by atomic mass is 10.1. The fourth-order valence-corrected chi connectivity index (χ4v) is 1.65. The zero-order chi connectivity index (χ0) is 13.3. The minimum Gasteiger partial charge on any atom is -0.461 e. The smallest absolute Gasteiger partial charge is 0.217 e. The molecule has 0 saturated heterocycles. The van der Waals surface area contributed by atoms with E-state index < -0.39 is 6.04 Å². The molecular formula is C12H18N4O2. The van der Waals surface area contributed by atoms with E-state index in [0.717, 1.165) is 0 Å². The molecule has 0 bridgehead atoms. The summed E-state index contributed by atoms with van der Waals surface area (Å²) in [5.41, 5.74) is 5.59. The van der Waals surface area contributed by atoms with E-state index in [2.05, 4.69) is 10.1 Å². The molecule has 0 unspecified atom stereocenters. The number of aliphatic hydroxyl groups is 1. The highest BCUT2D eigenvalue weighted by Gasteiger charge is 2.25. The number of aromatic nitrogens is 3. The third-order valence-corrected chi connectivity index (χ3v) is 2.54. The van der Waals surface area contributed by atoms with Crippen molar-refractivity contribution in [2.24, 2.45) is 5.73 Å². The van der Waals surface area contributed by atoms with Gasteiger partial charge in [-0.3, -0.25) is 0 Å². The molecule has 2 rings (SSSR count). The van der Waals surface area contributed by atoms with Crippen LogP contribution in [-0.4, -0.2) is 26.5 Å². The molecule has 18 heavy (non-hydrogen) atoms. The SMILES string of the molecule is CC(C)(C)n1nc(-c2ccco2)nc1[C@@H](N)CO. The van der Waals surface area contributed by atoms with Gasteiger partial charge in [0.25, 0.3) is 0 Å². The summed E-state index contributed by atoms with van der Waals surface area (Å²) in [4.78, 5) is 4.36. The van der Waals surface area contributed by atoms with Crippen molar-refractivity contribution in [3.8, 4) is 11.6 Å². The summed E-state index contributed by atoms with van der Waals surface area (Å²) in [6.07, 6.45) is 1.57. The first-order chi connectivity index (χ1) is 8.43. The van der Waals surface area contributed by atoms with Crippen molar-refractivity contribution in [1.29, 1.82) is 0 Å². The minimum atomic E-state index is -0.555. The standard InChI is InChI=1S/C12H18N4O2/c1-12(2,3)16-11(8(13)7-17)14-10(15-16)9-5-4-6-18-9/h4-6,8,17H,7,13H2,1-3H3/t8-/m0/s1. The third kappa shape index (κ3) is 2.30. The van der Waals surface area contributed by atoms with E-state index in [4.69, 9.17) is 10.2 Å². The first-order valence-corrected chi connectivity index (χ1v) is 5.81. The van der Waals surface area contributed by atoms with Crippen LogP contribution >= 0.6 is 0 Å². The van der Waals surface area contributed by atoms with Gasteiger partial charge in [-0.2, -0.15) is 0 Å². The van der Waals surface area contributed by atoms with Gasteiger partial charge in [0.2, 0.25) is 5.82 Å². The Morgan fingerprint density at radius 1 is 1.50 bits per heavy atom. The molecule has 0 spiro atoms. The second-order valence-corrected chi connectivity index (χ2v) is 5.14. The number of nitrogens with two attached hydrogens (primary N) is 1. The summed E-state index contributed by atoms with van der Waals surface area (Å²) in [6, 6.07) is 3.01. The predicted octanol–water partition coefficient (Wildman–Crippen LogP) is 1.29. The van der Waals surface area contributed by atoms with Crippen molar-refractivity contribution in [3.05, 3.63) is 24.2 Å². The fraction of sp³-hybridized carbons (Fsp3) is 0.500. The van der Waals surface area contributed by atoms with Gasteiger partial charge in [0.15, 0.2) is 5.76 Å². The number of hydrogen-bond donors (Lipinski definition) is 2. The molecular weight excluding hydrogens is 232 g/mol. The number of aliphatic hydroxyl groups excluding tert-OH is 1. The van der Waals surface area contributed by atoms with Gasteiger partial charge in [0.05, 0.1) is 24.5 Å². The second-order valence-electron chi connectivity index (χ2n) is 5.14. The molecule has 0 aliphatic heterocycles. The Hall–Kier alpha value is -1.66. The van der Waals surface area contributed by atoms with Crippen LogP contribution in [-0.2, 0) is 5.54 Å². The molecule has 0 radical (unpaired) electrons. The number of furan rings is 1. The summed E-state index contributed by atoms with van der Waals surface area (Å²) >= 11 is 0. The Morgan fingerprint density at radius 3 is 2.72 bits per heavy atom. The summed E-state index contributed by atoms with van der Waals surface area (Å²) in [7, 11) is 0. The molecule has 2 aromatic heterocycles. The van der Waals surface area contributed by atoms with Gasteiger partial charge in [0, 0.05) is 0 Å². The lowest BCUT2D eigenvalue weighted by molar-refractivity contribution is 0.248. The molecule has 2 heterocycles. The first kappa shape index (κ1) is 12.8. The van der Waals surface area contributed by atoms with Crippen molar-refractivity contribution in [2.45, 2.75) is 32.4 Å². The minimum absolute atomic E-state index is 0.174. The van der Waals surface area contributed by atoms with Crippen molar-refractivity contribution in [1.82, 2.24) is 14.8 Å². The highest BCUT2D eigenvalue weighted by Crippen LogP contribution is 2.23. The van der Waals surface area contributed by atoms with Crippen LogP contribution in [0.25, 0.3) is 11.6 Å². The van der Waals surface area contributed by atoms with E-state index >= 15 is 0 Å². The zero-order valence-corrected chi connectivity index (χ0v) is 10.8. The molecule has 0 aromatic carbocycles. The van der Waals surface area contributed by atoms with Crippen LogP contribution in [0, 0.1) is 0 Å². The summed E-state index contributed by atoms with van der Waals surface area (Å²) < 4.78 is 7.00. The van der Waals surface area contributed by atoms with Crippen LogP contribution < -0.4 is 5.73 Å². The van der Waals surface area contributed by atoms with E-state index in [9.17, 15) is 5.11 Å². The van der Waals surface area contributed by atoms with Crippen LogP contribution in [0.4, 0.5) is 0 Å². The summed E-state index contributed by atoms with van der Waals surface area (Å²) in [5.74, 6) is 1.62. The Bertz CT molecular complexity index is 511. The molecule has 3 N–H and O–H groups in total. The van der Waals surface area contributed by atoms with Gasteiger partial charge in [-0.25, -0.2) is 9.67 Å². The lowest BCUT2D eigenvalue weighted by Gasteiger charge is -2.22. The van der Waals surface area contributed by atoms with E-state index in [1.807, 2.05) is 20.8 Å². The van der Waals surface area contributed by atoms with Crippen LogP contribution in [0.1, 0.15) is 32.6 Å². The van der Waals surface area contributed by atoms with Gasteiger partial charge < -0.3 is 15.3 Å². The quantitative estimate of drug-likeness (QED) is 0.856. The van der Waals surface area contributed by atoms with E-state index in [-0.39, 0.29) is 12.1 Å². The average molecular weight is 250 g/mol. The Morgan fingerprint density at radius 2 is 2.22 bits per heavy atom. The average Bonchev–Trinajstić information content (AvgIpc) is 2.94. The molecule has 6 nitrogen and oxygen atoms in total. The summed E-state index contributed by atoms with van der Waals surface area (Å²) in [6.45, 7) is 5.83. The first-order valence-electron chi connectivity index (χ1n) is 5.81. The van der Waals surface area contributed by atoms with E-state index in [0.29, 0.717) is 17.4 Å².